The van der Waals surface area contributed by atoms with Crippen LogP contribution in [0.1, 0.15) is 18.9 Å². The quantitative estimate of drug-likeness (QED) is 0.553. The molecular formula is C13H22N2S. The molecule has 1 aromatic heterocycles. The highest BCUT2D eigenvalue weighted by atomic mass is 32.1. The number of likely N-dealkylation sites (N-methyl/N-ethyl adjacent to an activating group) is 1. The summed E-state index contributed by atoms with van der Waals surface area (Å²) in [5.74, 6) is 0. The van der Waals surface area contributed by atoms with Gasteiger partial charge in [-0.25, -0.2) is 0 Å². The number of hydrogen-bond donors (Lipinski definition) is 1. The molecule has 1 heterocycles. The fourth-order valence-electron chi connectivity index (χ4n) is 1.63. The van der Waals surface area contributed by atoms with E-state index < -0.39 is 0 Å². The number of nitrogens with zero attached hydrogens (tertiary/aromatic N) is 1. The van der Waals surface area contributed by atoms with E-state index in [0.29, 0.717) is 0 Å². The Kier molecular flexibility index (Phi) is 6.38. The lowest BCUT2D eigenvalue weighted by atomic mass is 10.2. The lowest BCUT2D eigenvalue weighted by Gasteiger charge is -2.17. The summed E-state index contributed by atoms with van der Waals surface area (Å²) in [5.41, 5.74) is 2.65. The fourth-order valence-corrected chi connectivity index (χ4v) is 2.29. The Bertz CT molecular complexity index is 293. The van der Waals surface area contributed by atoms with Crippen molar-refractivity contribution in [3.05, 3.63) is 34.5 Å². The average Bonchev–Trinajstić information content (AvgIpc) is 2.70. The Morgan fingerprint density at radius 2 is 2.38 bits per heavy atom. The lowest BCUT2D eigenvalue weighted by molar-refractivity contribution is 0.352. The van der Waals surface area contributed by atoms with Crippen molar-refractivity contribution in [1.29, 1.82) is 0 Å². The minimum atomic E-state index is 0.932. The molecule has 0 aliphatic rings. The Labute approximate surface area is 103 Å². The van der Waals surface area contributed by atoms with Crippen LogP contribution in [-0.2, 0) is 6.54 Å². The van der Waals surface area contributed by atoms with E-state index in [1.54, 1.807) is 11.3 Å². The molecule has 1 aromatic rings. The second-order valence-electron chi connectivity index (χ2n) is 4.23. The minimum Gasteiger partial charge on any atom is -0.313 e. The zero-order chi connectivity index (χ0) is 11.8. The van der Waals surface area contributed by atoms with Gasteiger partial charge in [-0.2, -0.15) is 11.3 Å². The molecule has 1 rings (SSSR count). The highest BCUT2D eigenvalue weighted by molar-refractivity contribution is 7.07. The third-order valence-corrected chi connectivity index (χ3v) is 3.06. The molecule has 0 radical (unpaired) electrons. The van der Waals surface area contributed by atoms with Crippen LogP contribution in [0.2, 0.25) is 0 Å². The van der Waals surface area contributed by atoms with Crippen LogP contribution in [0.3, 0.4) is 0 Å². The maximum atomic E-state index is 4.09. The summed E-state index contributed by atoms with van der Waals surface area (Å²) in [4.78, 5) is 2.30. The summed E-state index contributed by atoms with van der Waals surface area (Å²) in [7, 11) is 2.14. The van der Waals surface area contributed by atoms with E-state index in [-0.39, 0.29) is 0 Å². The maximum absolute atomic E-state index is 4.09. The van der Waals surface area contributed by atoms with Crippen molar-refractivity contribution in [2.24, 2.45) is 0 Å². The third-order valence-electron chi connectivity index (χ3n) is 2.33. The smallest absolute Gasteiger partial charge is 0.0242 e. The summed E-state index contributed by atoms with van der Waals surface area (Å²) >= 11 is 1.76. The highest BCUT2D eigenvalue weighted by Gasteiger charge is 2.02. The van der Waals surface area contributed by atoms with Gasteiger partial charge < -0.3 is 5.32 Å². The van der Waals surface area contributed by atoms with E-state index in [0.717, 1.165) is 26.2 Å². The number of nitrogens with one attached hydrogen (secondary N) is 1. The monoisotopic (exact) mass is 238 g/mol. The second kappa shape index (κ2) is 7.60. The normalized spacial score (nSPS) is 10.9. The van der Waals surface area contributed by atoms with E-state index in [1.807, 2.05) is 0 Å². The van der Waals surface area contributed by atoms with Gasteiger partial charge in [0.2, 0.25) is 0 Å². The van der Waals surface area contributed by atoms with Crippen molar-refractivity contribution in [3.63, 3.8) is 0 Å². The average molecular weight is 238 g/mol. The van der Waals surface area contributed by atoms with Gasteiger partial charge in [-0.05, 0) is 48.0 Å². The van der Waals surface area contributed by atoms with Crippen LogP contribution in [0.4, 0.5) is 0 Å². The van der Waals surface area contributed by atoms with Crippen molar-refractivity contribution in [3.8, 4) is 0 Å². The van der Waals surface area contributed by atoms with Gasteiger partial charge in [-0.1, -0.05) is 13.5 Å². The lowest BCUT2D eigenvalue weighted by Crippen LogP contribution is -2.26. The third kappa shape index (κ3) is 5.45. The summed E-state index contributed by atoms with van der Waals surface area (Å²) < 4.78 is 0. The molecule has 2 nitrogen and oxygen atoms in total. The van der Waals surface area contributed by atoms with E-state index in [4.69, 9.17) is 0 Å². The molecule has 0 bridgehead atoms. The largest absolute Gasteiger partial charge is 0.313 e. The van der Waals surface area contributed by atoms with Gasteiger partial charge in [-0.3, -0.25) is 4.90 Å². The molecule has 0 spiro atoms. The molecule has 90 valence electrons. The summed E-state index contributed by atoms with van der Waals surface area (Å²) in [5, 5.41) is 7.70. The number of thiophene rings is 1. The molecule has 3 heteroatoms. The van der Waals surface area contributed by atoms with Gasteiger partial charge in [0.05, 0.1) is 0 Å². The second-order valence-corrected chi connectivity index (χ2v) is 5.01. The van der Waals surface area contributed by atoms with Crippen molar-refractivity contribution in [2.45, 2.75) is 19.9 Å². The molecule has 1 N–H and O–H groups in total. The predicted molar refractivity (Wildman–Crippen MR) is 73.0 cm³/mol. The molecule has 0 aromatic carbocycles. The Morgan fingerprint density at radius 1 is 1.56 bits per heavy atom. The van der Waals surface area contributed by atoms with Gasteiger partial charge in [0, 0.05) is 19.6 Å². The van der Waals surface area contributed by atoms with Crippen LogP contribution >= 0.6 is 11.3 Å². The van der Waals surface area contributed by atoms with Crippen molar-refractivity contribution in [2.75, 3.05) is 26.7 Å². The molecule has 16 heavy (non-hydrogen) atoms. The predicted octanol–water partition coefficient (Wildman–Crippen LogP) is 2.74. The van der Waals surface area contributed by atoms with Gasteiger partial charge in [-0.15, -0.1) is 0 Å². The maximum Gasteiger partial charge on any atom is 0.0242 e. The Morgan fingerprint density at radius 3 is 3.00 bits per heavy atom. The van der Waals surface area contributed by atoms with Gasteiger partial charge in [0.1, 0.15) is 0 Å². The topological polar surface area (TPSA) is 15.3 Å². The summed E-state index contributed by atoms with van der Waals surface area (Å²) in [6.07, 6.45) is 1.18. The Hall–Kier alpha value is -0.640. The molecule has 0 amide bonds. The molecule has 0 fully saturated rings. The molecule has 0 aliphatic heterocycles. The van der Waals surface area contributed by atoms with E-state index in [1.165, 1.54) is 17.6 Å². The first kappa shape index (κ1) is 13.4. The van der Waals surface area contributed by atoms with Crippen LogP contribution < -0.4 is 5.32 Å². The van der Waals surface area contributed by atoms with Gasteiger partial charge >= 0.3 is 0 Å². The van der Waals surface area contributed by atoms with Crippen molar-refractivity contribution < 1.29 is 0 Å². The molecule has 0 atom stereocenters. The first-order valence-electron chi connectivity index (χ1n) is 5.79. The van der Waals surface area contributed by atoms with E-state index >= 15 is 0 Å². The highest BCUT2D eigenvalue weighted by Crippen LogP contribution is 2.08. The van der Waals surface area contributed by atoms with E-state index in [9.17, 15) is 0 Å². The minimum absolute atomic E-state index is 0.932. The van der Waals surface area contributed by atoms with Gasteiger partial charge in [0.25, 0.3) is 0 Å². The van der Waals surface area contributed by atoms with Crippen LogP contribution in [0.5, 0.6) is 0 Å². The molecule has 0 unspecified atom stereocenters. The van der Waals surface area contributed by atoms with E-state index in [2.05, 4.69) is 47.6 Å². The first-order chi connectivity index (χ1) is 7.72. The van der Waals surface area contributed by atoms with Crippen molar-refractivity contribution in [1.82, 2.24) is 10.2 Å². The van der Waals surface area contributed by atoms with Crippen LogP contribution in [0, 0.1) is 0 Å². The number of hydrogen-bond acceptors (Lipinski definition) is 3. The molecule has 0 aliphatic carbocycles. The van der Waals surface area contributed by atoms with Crippen LogP contribution in [-0.4, -0.2) is 31.6 Å². The van der Waals surface area contributed by atoms with Crippen LogP contribution in [0.15, 0.2) is 29.0 Å². The zero-order valence-corrected chi connectivity index (χ0v) is 11.1. The van der Waals surface area contributed by atoms with Crippen LogP contribution in [0.25, 0.3) is 0 Å². The molecule has 0 saturated carbocycles. The van der Waals surface area contributed by atoms with Gasteiger partial charge in [0.15, 0.2) is 0 Å². The Balaban J connectivity index is 2.18. The number of rotatable bonds is 8. The first-order valence-corrected chi connectivity index (χ1v) is 6.73. The molecular weight excluding hydrogens is 216 g/mol. The summed E-state index contributed by atoms with van der Waals surface area (Å²) in [6, 6.07) is 2.18. The summed E-state index contributed by atoms with van der Waals surface area (Å²) in [6.45, 7) is 10.3. The SMILES string of the molecule is C=C(CNCCC)CN(C)Cc1ccsc1. The zero-order valence-electron chi connectivity index (χ0n) is 10.3. The molecule has 0 saturated heterocycles. The standard InChI is InChI=1S/C13H22N2S/c1-4-6-14-8-12(2)9-15(3)10-13-5-7-16-11-13/h5,7,11,14H,2,4,6,8-10H2,1,3H3. The fraction of sp³-hybridized carbons (Fsp3) is 0.538. The van der Waals surface area contributed by atoms with Crippen molar-refractivity contribution >= 4 is 11.3 Å².